The second-order valence-corrected chi connectivity index (χ2v) is 7.29. The highest BCUT2D eigenvalue weighted by atomic mass is 19.1. The van der Waals surface area contributed by atoms with Gasteiger partial charge in [0.15, 0.2) is 0 Å². The molecule has 0 bridgehead atoms. The van der Waals surface area contributed by atoms with E-state index >= 15 is 0 Å². The Bertz CT molecular complexity index is 1300. The zero-order valence-electron chi connectivity index (χ0n) is 15.3. The largest absolute Gasteiger partial charge is 0.308 e. The number of hydrogen-bond donors (Lipinski definition) is 1. The van der Waals surface area contributed by atoms with E-state index in [0.717, 1.165) is 12.8 Å². The zero-order chi connectivity index (χ0) is 19.4. The number of hydrogen-bond acceptors (Lipinski definition) is 2. The van der Waals surface area contributed by atoms with Gasteiger partial charge in [-0.25, -0.2) is 9.07 Å². The molecule has 0 radical (unpaired) electrons. The summed E-state index contributed by atoms with van der Waals surface area (Å²) in [5.41, 5.74) is 3.78. The Kier molecular flexibility index (Phi) is 3.62. The number of nitrogens with one attached hydrogen (secondary N) is 1. The fourth-order valence-corrected chi connectivity index (χ4v) is 4.33. The standard InChI is InChI=1S/C22H18FN3O2/c1-13-21-19(24-26(22(21)28)17-8-6-16(23)7-9-17)12-20(27)25(13)18-10-14-4-2-3-5-15(14)11-18/h2-9,12,18,24H,10-11H2,1H3. The van der Waals surface area contributed by atoms with Gasteiger partial charge in [-0.3, -0.25) is 14.7 Å². The average Bonchev–Trinajstić information content (AvgIpc) is 3.23. The molecule has 5 rings (SSSR count). The van der Waals surface area contributed by atoms with Crippen molar-refractivity contribution in [1.29, 1.82) is 0 Å². The summed E-state index contributed by atoms with van der Waals surface area (Å²) in [6, 6.07) is 15.3. The predicted molar refractivity (Wildman–Crippen MR) is 106 cm³/mol. The first kappa shape index (κ1) is 16.7. The molecule has 0 saturated carbocycles. The number of H-pyrrole nitrogens is 1. The molecular formula is C22H18FN3O2. The molecule has 140 valence electrons. The van der Waals surface area contributed by atoms with Gasteiger partial charge in [0, 0.05) is 17.8 Å². The first-order chi connectivity index (χ1) is 13.5. The third-order valence-electron chi connectivity index (χ3n) is 5.63. The molecule has 2 aromatic heterocycles. The fourth-order valence-electron chi connectivity index (χ4n) is 4.33. The topological polar surface area (TPSA) is 59.8 Å². The molecule has 2 aromatic carbocycles. The van der Waals surface area contributed by atoms with Crippen molar-refractivity contribution >= 4 is 10.9 Å². The summed E-state index contributed by atoms with van der Waals surface area (Å²) < 4.78 is 16.3. The summed E-state index contributed by atoms with van der Waals surface area (Å²) in [4.78, 5) is 25.9. The van der Waals surface area contributed by atoms with Crippen LogP contribution < -0.4 is 11.1 Å². The van der Waals surface area contributed by atoms with Gasteiger partial charge in [0.25, 0.3) is 11.1 Å². The molecule has 6 heteroatoms. The predicted octanol–water partition coefficient (Wildman–Crippen LogP) is 3.27. The number of benzene rings is 2. The summed E-state index contributed by atoms with van der Waals surface area (Å²) in [6.45, 7) is 1.82. The van der Waals surface area contributed by atoms with Crippen molar-refractivity contribution < 1.29 is 4.39 Å². The van der Waals surface area contributed by atoms with E-state index in [1.54, 1.807) is 4.57 Å². The minimum Gasteiger partial charge on any atom is -0.308 e. The van der Waals surface area contributed by atoms with E-state index in [0.29, 0.717) is 22.3 Å². The number of fused-ring (bicyclic) bond motifs is 2. The lowest BCUT2D eigenvalue weighted by Gasteiger charge is -2.17. The van der Waals surface area contributed by atoms with Crippen molar-refractivity contribution in [2.45, 2.75) is 25.8 Å². The summed E-state index contributed by atoms with van der Waals surface area (Å²) in [5, 5.41) is 3.47. The SMILES string of the molecule is Cc1c2c(=O)n(-c3ccc(F)cc3)[nH]c2cc(=O)n1C1Cc2ccccc2C1. The van der Waals surface area contributed by atoms with Crippen LogP contribution in [0.15, 0.2) is 64.2 Å². The number of aromatic nitrogens is 3. The number of nitrogens with zero attached hydrogens (tertiary/aromatic N) is 2. The first-order valence-electron chi connectivity index (χ1n) is 9.22. The number of pyridine rings is 1. The van der Waals surface area contributed by atoms with Crippen LogP contribution in [0.4, 0.5) is 4.39 Å². The van der Waals surface area contributed by atoms with Crippen LogP contribution in [0.25, 0.3) is 16.6 Å². The molecule has 0 amide bonds. The molecule has 1 aliphatic rings. The second-order valence-electron chi connectivity index (χ2n) is 7.29. The Labute approximate surface area is 159 Å². The molecule has 0 atom stereocenters. The maximum Gasteiger partial charge on any atom is 0.280 e. The van der Waals surface area contributed by atoms with Crippen molar-refractivity contribution in [2.75, 3.05) is 0 Å². The molecule has 1 aliphatic carbocycles. The van der Waals surface area contributed by atoms with Gasteiger partial charge in [0.2, 0.25) is 0 Å². The van der Waals surface area contributed by atoms with E-state index in [-0.39, 0.29) is 23.0 Å². The second kappa shape index (κ2) is 6.05. The maximum atomic E-state index is 13.2. The Balaban J connectivity index is 1.67. The Morgan fingerprint density at radius 3 is 2.29 bits per heavy atom. The highest BCUT2D eigenvalue weighted by Gasteiger charge is 2.26. The van der Waals surface area contributed by atoms with Crippen molar-refractivity contribution in [2.24, 2.45) is 0 Å². The zero-order valence-corrected chi connectivity index (χ0v) is 15.3. The molecule has 0 unspecified atom stereocenters. The van der Waals surface area contributed by atoms with E-state index in [9.17, 15) is 14.0 Å². The monoisotopic (exact) mass is 375 g/mol. The number of aryl methyl sites for hydroxylation is 1. The molecule has 4 aromatic rings. The van der Waals surface area contributed by atoms with Gasteiger partial charge >= 0.3 is 0 Å². The first-order valence-corrected chi connectivity index (χ1v) is 9.22. The molecule has 0 spiro atoms. The van der Waals surface area contributed by atoms with Crippen molar-refractivity contribution in [3.05, 3.63) is 97.9 Å². The van der Waals surface area contributed by atoms with E-state index in [1.165, 1.54) is 46.1 Å². The molecule has 28 heavy (non-hydrogen) atoms. The maximum absolute atomic E-state index is 13.2. The molecule has 0 fully saturated rings. The van der Waals surface area contributed by atoms with Crippen LogP contribution in [-0.4, -0.2) is 14.3 Å². The smallest absolute Gasteiger partial charge is 0.280 e. The van der Waals surface area contributed by atoms with Crippen LogP contribution in [0.1, 0.15) is 22.9 Å². The van der Waals surface area contributed by atoms with E-state index < -0.39 is 0 Å². The Morgan fingerprint density at radius 2 is 1.64 bits per heavy atom. The van der Waals surface area contributed by atoms with Crippen molar-refractivity contribution in [3.63, 3.8) is 0 Å². The van der Waals surface area contributed by atoms with Crippen LogP contribution in [0.3, 0.4) is 0 Å². The van der Waals surface area contributed by atoms with Crippen LogP contribution in [0.5, 0.6) is 0 Å². The van der Waals surface area contributed by atoms with Gasteiger partial charge in [0.1, 0.15) is 5.82 Å². The molecule has 0 aliphatic heterocycles. The van der Waals surface area contributed by atoms with Gasteiger partial charge in [0.05, 0.1) is 16.6 Å². The number of aromatic amines is 1. The normalized spacial score (nSPS) is 13.9. The van der Waals surface area contributed by atoms with Crippen LogP contribution in [0, 0.1) is 12.7 Å². The van der Waals surface area contributed by atoms with E-state index in [2.05, 4.69) is 17.2 Å². The summed E-state index contributed by atoms with van der Waals surface area (Å²) in [7, 11) is 0. The van der Waals surface area contributed by atoms with E-state index in [4.69, 9.17) is 0 Å². The van der Waals surface area contributed by atoms with Gasteiger partial charge < -0.3 is 4.57 Å². The molecular weight excluding hydrogens is 357 g/mol. The van der Waals surface area contributed by atoms with Gasteiger partial charge in [-0.2, -0.15) is 0 Å². The quantitative estimate of drug-likeness (QED) is 0.585. The minimum absolute atomic E-state index is 0.00266. The fraction of sp³-hybridized carbons (Fsp3) is 0.182. The highest BCUT2D eigenvalue weighted by Crippen LogP contribution is 2.30. The van der Waals surface area contributed by atoms with Crippen LogP contribution >= 0.6 is 0 Å². The lowest BCUT2D eigenvalue weighted by molar-refractivity contribution is 0.503. The highest BCUT2D eigenvalue weighted by molar-refractivity contribution is 5.80. The molecule has 1 N–H and O–H groups in total. The van der Waals surface area contributed by atoms with Gasteiger partial charge in [-0.15, -0.1) is 0 Å². The number of rotatable bonds is 2. The third kappa shape index (κ3) is 2.45. The van der Waals surface area contributed by atoms with Crippen LogP contribution in [-0.2, 0) is 12.8 Å². The van der Waals surface area contributed by atoms with Crippen molar-refractivity contribution in [1.82, 2.24) is 14.3 Å². The lowest BCUT2D eigenvalue weighted by atomic mass is 10.1. The van der Waals surface area contributed by atoms with Gasteiger partial charge in [-0.05, 0) is 55.2 Å². The lowest BCUT2D eigenvalue weighted by Crippen LogP contribution is -2.27. The summed E-state index contributed by atoms with van der Waals surface area (Å²) in [6.07, 6.45) is 1.55. The minimum atomic E-state index is -0.371. The van der Waals surface area contributed by atoms with Crippen LogP contribution in [0.2, 0.25) is 0 Å². The molecule has 5 nitrogen and oxygen atoms in total. The average molecular weight is 375 g/mol. The molecule has 2 heterocycles. The number of halogens is 1. The summed E-state index contributed by atoms with van der Waals surface area (Å²) in [5.74, 6) is -0.371. The molecule has 0 saturated heterocycles. The van der Waals surface area contributed by atoms with Crippen molar-refractivity contribution in [3.8, 4) is 5.69 Å². The third-order valence-corrected chi connectivity index (χ3v) is 5.63. The van der Waals surface area contributed by atoms with E-state index in [1.807, 2.05) is 19.1 Å². The summed E-state index contributed by atoms with van der Waals surface area (Å²) >= 11 is 0. The Morgan fingerprint density at radius 1 is 1.00 bits per heavy atom. The Hall–Kier alpha value is -3.41. The van der Waals surface area contributed by atoms with Gasteiger partial charge in [-0.1, -0.05) is 24.3 Å².